The van der Waals surface area contributed by atoms with Crippen LogP contribution < -0.4 is 9.46 Å². The molecule has 2 aromatic rings. The molecule has 0 unspecified atom stereocenters. The Labute approximate surface area is 159 Å². The minimum atomic E-state index is -3.78. The Bertz CT molecular complexity index is 893. The molecular formula is C19H24N2O5S. The summed E-state index contributed by atoms with van der Waals surface area (Å²) >= 11 is 0. The molecule has 146 valence electrons. The normalized spacial score (nSPS) is 11.6. The molecule has 0 atom stereocenters. The van der Waals surface area contributed by atoms with Gasteiger partial charge in [-0.15, -0.1) is 0 Å². The highest BCUT2D eigenvalue weighted by molar-refractivity contribution is 7.89. The molecule has 1 N–H and O–H groups in total. The number of sulfonamides is 1. The maximum absolute atomic E-state index is 12.3. The molecule has 0 saturated carbocycles. The summed E-state index contributed by atoms with van der Waals surface area (Å²) in [4.78, 5) is 10.3. The van der Waals surface area contributed by atoms with E-state index in [1.165, 1.54) is 12.1 Å². The van der Waals surface area contributed by atoms with E-state index >= 15 is 0 Å². The van der Waals surface area contributed by atoms with Crippen LogP contribution in [0, 0.1) is 17.0 Å². The van der Waals surface area contributed by atoms with Gasteiger partial charge in [0.1, 0.15) is 5.75 Å². The van der Waals surface area contributed by atoms with Crippen molar-refractivity contribution in [3.63, 3.8) is 0 Å². The maximum Gasteiger partial charge on any atom is 0.273 e. The molecule has 0 heterocycles. The Balaban J connectivity index is 1.91. The quantitative estimate of drug-likeness (QED) is 0.399. The highest BCUT2D eigenvalue weighted by Gasteiger charge is 2.19. The predicted octanol–water partition coefficient (Wildman–Crippen LogP) is 3.60. The molecule has 0 aliphatic heterocycles. The van der Waals surface area contributed by atoms with Gasteiger partial charge in [-0.1, -0.05) is 18.2 Å². The molecule has 0 bridgehead atoms. The average molecular weight is 392 g/mol. The van der Waals surface area contributed by atoms with Crippen molar-refractivity contribution in [3.8, 4) is 5.75 Å². The van der Waals surface area contributed by atoms with Crippen molar-refractivity contribution < 1.29 is 18.1 Å². The molecule has 0 fully saturated rings. The third-order valence-electron chi connectivity index (χ3n) is 3.92. The van der Waals surface area contributed by atoms with E-state index in [-0.39, 0.29) is 23.2 Å². The summed E-state index contributed by atoms with van der Waals surface area (Å²) in [6.07, 6.45) is 1.43. The van der Waals surface area contributed by atoms with Crippen molar-refractivity contribution >= 4 is 15.7 Å². The van der Waals surface area contributed by atoms with Crippen molar-refractivity contribution in [3.05, 3.63) is 63.7 Å². The SMILES string of the molecule is Cc1ccc(S(=O)(=O)NCCCc2ccc(OC(C)C)cc2)cc1[N+](=O)[O-]. The van der Waals surface area contributed by atoms with Crippen molar-refractivity contribution in [1.82, 2.24) is 4.72 Å². The summed E-state index contributed by atoms with van der Waals surface area (Å²) in [5.74, 6) is 0.801. The van der Waals surface area contributed by atoms with Crippen molar-refractivity contribution in [2.45, 2.75) is 44.6 Å². The highest BCUT2D eigenvalue weighted by Crippen LogP contribution is 2.22. The van der Waals surface area contributed by atoms with Gasteiger partial charge in [-0.2, -0.15) is 0 Å². The minimum Gasteiger partial charge on any atom is -0.491 e. The van der Waals surface area contributed by atoms with E-state index in [1.54, 1.807) is 6.92 Å². The summed E-state index contributed by atoms with van der Waals surface area (Å²) in [6, 6.07) is 11.6. The molecule has 7 nitrogen and oxygen atoms in total. The molecule has 0 aliphatic rings. The van der Waals surface area contributed by atoms with Gasteiger partial charge in [0.25, 0.3) is 5.69 Å². The molecule has 0 aromatic heterocycles. The van der Waals surface area contributed by atoms with Crippen LogP contribution in [0.5, 0.6) is 5.75 Å². The number of rotatable bonds is 9. The summed E-state index contributed by atoms with van der Waals surface area (Å²) in [5, 5.41) is 11.0. The fourth-order valence-corrected chi connectivity index (χ4v) is 3.64. The molecule has 27 heavy (non-hydrogen) atoms. The lowest BCUT2D eigenvalue weighted by molar-refractivity contribution is -0.385. The van der Waals surface area contributed by atoms with E-state index in [0.717, 1.165) is 17.4 Å². The molecular weight excluding hydrogens is 368 g/mol. The first-order chi connectivity index (χ1) is 12.7. The van der Waals surface area contributed by atoms with E-state index in [4.69, 9.17) is 4.74 Å². The molecule has 0 amide bonds. The molecule has 0 saturated heterocycles. The molecule has 2 aromatic carbocycles. The van der Waals surface area contributed by atoms with Crippen LogP contribution in [0.2, 0.25) is 0 Å². The number of nitro groups is 1. The van der Waals surface area contributed by atoms with Gasteiger partial charge in [-0.25, -0.2) is 13.1 Å². The summed E-state index contributed by atoms with van der Waals surface area (Å²) in [7, 11) is -3.78. The van der Waals surface area contributed by atoms with Crippen LogP contribution in [0.15, 0.2) is 47.4 Å². The maximum atomic E-state index is 12.3. The Hall–Kier alpha value is -2.45. The first kappa shape index (κ1) is 20.9. The van der Waals surface area contributed by atoms with Gasteiger partial charge >= 0.3 is 0 Å². The number of nitrogens with one attached hydrogen (secondary N) is 1. The first-order valence-electron chi connectivity index (χ1n) is 8.69. The second-order valence-electron chi connectivity index (χ2n) is 6.52. The van der Waals surface area contributed by atoms with Gasteiger partial charge < -0.3 is 4.74 Å². The van der Waals surface area contributed by atoms with E-state index in [1.807, 2.05) is 38.1 Å². The topological polar surface area (TPSA) is 98.5 Å². The first-order valence-corrected chi connectivity index (χ1v) is 10.2. The zero-order chi connectivity index (χ0) is 20.0. The van der Waals surface area contributed by atoms with Crippen molar-refractivity contribution in [1.29, 1.82) is 0 Å². The zero-order valence-corrected chi connectivity index (χ0v) is 16.5. The third-order valence-corrected chi connectivity index (χ3v) is 5.38. The second kappa shape index (κ2) is 8.96. The van der Waals surface area contributed by atoms with Gasteiger partial charge in [-0.3, -0.25) is 10.1 Å². The van der Waals surface area contributed by atoms with E-state index in [0.29, 0.717) is 18.4 Å². The fourth-order valence-electron chi connectivity index (χ4n) is 2.54. The number of aryl methyl sites for hydroxylation is 2. The highest BCUT2D eigenvalue weighted by atomic mass is 32.2. The predicted molar refractivity (Wildman–Crippen MR) is 104 cm³/mol. The zero-order valence-electron chi connectivity index (χ0n) is 15.6. The van der Waals surface area contributed by atoms with Gasteiger partial charge in [0.05, 0.1) is 15.9 Å². The van der Waals surface area contributed by atoms with Gasteiger partial charge in [-0.05, 0) is 57.4 Å². The van der Waals surface area contributed by atoms with Crippen molar-refractivity contribution in [2.75, 3.05) is 6.54 Å². The Kier molecular flexibility index (Phi) is 6.92. The lowest BCUT2D eigenvalue weighted by atomic mass is 10.1. The second-order valence-corrected chi connectivity index (χ2v) is 8.28. The molecule has 0 spiro atoms. The van der Waals surface area contributed by atoms with Gasteiger partial charge in [0.15, 0.2) is 0 Å². The monoisotopic (exact) mass is 392 g/mol. The van der Waals surface area contributed by atoms with Crippen LogP contribution >= 0.6 is 0 Å². The minimum absolute atomic E-state index is 0.102. The lowest BCUT2D eigenvalue weighted by Crippen LogP contribution is -2.25. The van der Waals surface area contributed by atoms with Crippen molar-refractivity contribution in [2.24, 2.45) is 0 Å². The van der Waals surface area contributed by atoms with E-state index < -0.39 is 14.9 Å². The molecule has 2 rings (SSSR count). The lowest BCUT2D eigenvalue weighted by Gasteiger charge is -2.10. The van der Waals surface area contributed by atoms with E-state index in [9.17, 15) is 18.5 Å². The van der Waals surface area contributed by atoms with Crippen LogP contribution in [0.1, 0.15) is 31.4 Å². The summed E-state index contributed by atoms with van der Waals surface area (Å²) < 4.78 is 32.7. The number of nitro benzene ring substituents is 1. The standard InChI is InChI=1S/C19H24N2O5S/c1-14(2)26-17-9-7-16(8-10-17)5-4-12-20-27(24,25)18-11-6-15(3)19(13-18)21(22)23/h6-11,13-14,20H,4-5,12H2,1-3H3. The largest absolute Gasteiger partial charge is 0.491 e. The average Bonchev–Trinajstić information content (AvgIpc) is 2.59. The molecule has 0 radical (unpaired) electrons. The van der Waals surface area contributed by atoms with Crippen LogP contribution in [0.25, 0.3) is 0 Å². The Morgan fingerprint density at radius 3 is 2.41 bits per heavy atom. The smallest absolute Gasteiger partial charge is 0.273 e. The number of nitrogens with zero attached hydrogens (tertiary/aromatic N) is 1. The van der Waals surface area contributed by atoms with Crippen LogP contribution in [0.4, 0.5) is 5.69 Å². The Morgan fingerprint density at radius 2 is 1.81 bits per heavy atom. The number of hydrogen-bond acceptors (Lipinski definition) is 5. The number of ether oxygens (including phenoxy) is 1. The van der Waals surface area contributed by atoms with Crippen LogP contribution in [-0.2, 0) is 16.4 Å². The summed E-state index contributed by atoms with van der Waals surface area (Å²) in [5.41, 5.74) is 1.29. The fraction of sp³-hybridized carbons (Fsp3) is 0.368. The van der Waals surface area contributed by atoms with Crippen LogP contribution in [0.3, 0.4) is 0 Å². The number of benzene rings is 2. The molecule has 8 heteroatoms. The number of hydrogen-bond donors (Lipinski definition) is 1. The summed E-state index contributed by atoms with van der Waals surface area (Å²) in [6.45, 7) is 5.74. The van der Waals surface area contributed by atoms with Crippen LogP contribution in [-0.4, -0.2) is 26.0 Å². The third kappa shape index (κ3) is 6.04. The van der Waals surface area contributed by atoms with Gasteiger partial charge in [0, 0.05) is 18.2 Å². The van der Waals surface area contributed by atoms with E-state index in [2.05, 4.69) is 4.72 Å². The molecule has 0 aliphatic carbocycles. The van der Waals surface area contributed by atoms with Gasteiger partial charge in [0.2, 0.25) is 10.0 Å². The Morgan fingerprint density at radius 1 is 1.15 bits per heavy atom.